The molecule has 0 aromatic carbocycles. The van der Waals surface area contributed by atoms with Gasteiger partial charge in [0.25, 0.3) is 0 Å². The second-order valence-electron chi connectivity index (χ2n) is 5.93. The summed E-state index contributed by atoms with van der Waals surface area (Å²) in [7, 11) is 0. The Morgan fingerprint density at radius 2 is 2.17 bits per heavy atom. The molecule has 2 aliphatic rings. The molecule has 3 heterocycles. The summed E-state index contributed by atoms with van der Waals surface area (Å²) in [5.41, 5.74) is -0.478. The van der Waals surface area contributed by atoms with Crippen molar-refractivity contribution in [3.63, 3.8) is 0 Å². The Labute approximate surface area is 134 Å². The third-order valence-corrected chi connectivity index (χ3v) is 4.25. The second kappa shape index (κ2) is 7.20. The number of ether oxygens (including phenoxy) is 1. The molecule has 0 amide bonds. The van der Waals surface area contributed by atoms with Crippen molar-refractivity contribution in [3.8, 4) is 0 Å². The number of rotatable bonds is 4. The maximum Gasteiger partial charge on any atom is 0.351 e. The van der Waals surface area contributed by atoms with Crippen LogP contribution >= 0.6 is 0 Å². The summed E-state index contributed by atoms with van der Waals surface area (Å²) in [6, 6.07) is 1.64. The Morgan fingerprint density at radius 3 is 2.83 bits per heavy atom. The average Bonchev–Trinajstić information content (AvgIpc) is 2.94. The fourth-order valence-electron chi connectivity index (χ4n) is 2.92. The molecule has 3 unspecified atom stereocenters. The summed E-state index contributed by atoms with van der Waals surface area (Å²) >= 11 is 0. The molecule has 0 aliphatic carbocycles. The van der Waals surface area contributed by atoms with E-state index in [1.165, 1.54) is 11.0 Å². The van der Waals surface area contributed by atoms with E-state index in [9.17, 15) is 9.90 Å². The quantitative estimate of drug-likeness (QED) is 0.599. The number of likely N-dealkylation sites (tertiary alicyclic amines) is 1. The molecular formula is C15H22N4O4. The summed E-state index contributed by atoms with van der Waals surface area (Å²) in [5.74, 6) is 0.356. The SMILES string of the molecule is O=c1nc(N=CN2CCCCC2)ccn1C1CC(O)C(CO)O1. The molecule has 3 rings (SSSR count). The molecule has 2 saturated heterocycles. The zero-order valence-corrected chi connectivity index (χ0v) is 12.9. The Bertz CT molecular complexity index is 612. The molecule has 2 N–H and O–H groups in total. The molecule has 1 aromatic heterocycles. The average molecular weight is 322 g/mol. The van der Waals surface area contributed by atoms with Crippen LogP contribution in [0.4, 0.5) is 5.82 Å². The van der Waals surface area contributed by atoms with Crippen LogP contribution in [-0.2, 0) is 4.74 Å². The largest absolute Gasteiger partial charge is 0.394 e. The molecule has 8 heteroatoms. The van der Waals surface area contributed by atoms with Crippen molar-refractivity contribution in [3.05, 3.63) is 22.7 Å². The highest BCUT2D eigenvalue weighted by atomic mass is 16.5. The van der Waals surface area contributed by atoms with Crippen LogP contribution in [0.2, 0.25) is 0 Å². The van der Waals surface area contributed by atoms with Crippen molar-refractivity contribution < 1.29 is 14.9 Å². The minimum Gasteiger partial charge on any atom is -0.394 e. The van der Waals surface area contributed by atoms with Crippen molar-refractivity contribution in [1.29, 1.82) is 0 Å². The Hall–Kier alpha value is -1.77. The third-order valence-electron chi connectivity index (χ3n) is 4.25. The summed E-state index contributed by atoms with van der Waals surface area (Å²) in [6.45, 7) is 1.69. The number of aliphatic hydroxyl groups is 2. The standard InChI is InChI=1S/C15H22N4O4/c20-9-12-11(21)8-14(23-12)19-7-4-13(17-15(19)22)16-10-18-5-2-1-3-6-18/h4,7,10-12,14,20-21H,1-3,5-6,8-9H2. The van der Waals surface area contributed by atoms with Crippen molar-refractivity contribution in [2.45, 2.75) is 44.1 Å². The van der Waals surface area contributed by atoms with Crippen LogP contribution in [0.15, 0.2) is 22.1 Å². The molecule has 8 nitrogen and oxygen atoms in total. The predicted molar refractivity (Wildman–Crippen MR) is 83.7 cm³/mol. The van der Waals surface area contributed by atoms with Crippen molar-refractivity contribution in [2.24, 2.45) is 4.99 Å². The number of aliphatic hydroxyl groups excluding tert-OH is 2. The van der Waals surface area contributed by atoms with Gasteiger partial charge in [0.1, 0.15) is 12.3 Å². The first-order valence-corrected chi connectivity index (χ1v) is 7.99. The minimum absolute atomic E-state index is 0.253. The number of aliphatic imine (C=N–C) groups is 1. The molecule has 126 valence electrons. The van der Waals surface area contributed by atoms with E-state index in [1.807, 2.05) is 0 Å². The van der Waals surface area contributed by atoms with E-state index in [0.29, 0.717) is 5.82 Å². The highest BCUT2D eigenvalue weighted by Gasteiger charge is 2.34. The van der Waals surface area contributed by atoms with Gasteiger partial charge in [0.2, 0.25) is 0 Å². The molecule has 23 heavy (non-hydrogen) atoms. The molecule has 2 fully saturated rings. The van der Waals surface area contributed by atoms with Gasteiger partial charge >= 0.3 is 5.69 Å². The molecule has 0 bridgehead atoms. The van der Waals surface area contributed by atoms with E-state index in [-0.39, 0.29) is 13.0 Å². The van der Waals surface area contributed by atoms with Gasteiger partial charge < -0.3 is 19.8 Å². The first-order valence-electron chi connectivity index (χ1n) is 7.99. The summed E-state index contributed by atoms with van der Waals surface area (Å²) < 4.78 is 6.78. The van der Waals surface area contributed by atoms with E-state index in [2.05, 4.69) is 14.9 Å². The topological polar surface area (TPSA) is 100 Å². The van der Waals surface area contributed by atoms with Crippen molar-refractivity contribution >= 4 is 12.2 Å². The fourth-order valence-corrected chi connectivity index (χ4v) is 2.92. The van der Waals surface area contributed by atoms with Crippen LogP contribution in [0.25, 0.3) is 0 Å². The van der Waals surface area contributed by atoms with Crippen LogP contribution in [0, 0.1) is 0 Å². The number of aromatic nitrogens is 2. The number of nitrogens with zero attached hydrogens (tertiary/aromatic N) is 4. The van der Waals surface area contributed by atoms with Gasteiger partial charge in [0.05, 0.1) is 19.0 Å². The number of hydrogen-bond acceptors (Lipinski definition) is 6. The zero-order chi connectivity index (χ0) is 16.2. The fraction of sp³-hybridized carbons (Fsp3) is 0.667. The van der Waals surface area contributed by atoms with Crippen LogP contribution in [0.3, 0.4) is 0 Å². The first kappa shape index (κ1) is 16.1. The van der Waals surface area contributed by atoms with Gasteiger partial charge in [-0.3, -0.25) is 4.57 Å². The van der Waals surface area contributed by atoms with Gasteiger partial charge in [0.15, 0.2) is 5.82 Å². The highest BCUT2D eigenvalue weighted by Crippen LogP contribution is 2.27. The molecule has 3 atom stereocenters. The summed E-state index contributed by atoms with van der Waals surface area (Å²) in [5, 5.41) is 18.8. The minimum atomic E-state index is -0.784. The molecule has 0 spiro atoms. The smallest absolute Gasteiger partial charge is 0.351 e. The van der Waals surface area contributed by atoms with Crippen molar-refractivity contribution in [2.75, 3.05) is 19.7 Å². The molecule has 0 saturated carbocycles. The Kier molecular flexibility index (Phi) is 5.04. The maximum atomic E-state index is 12.1. The van der Waals surface area contributed by atoms with Gasteiger partial charge in [0, 0.05) is 25.7 Å². The van der Waals surface area contributed by atoms with Gasteiger partial charge in [-0.15, -0.1) is 0 Å². The lowest BCUT2D eigenvalue weighted by Gasteiger charge is -2.23. The second-order valence-corrected chi connectivity index (χ2v) is 5.93. The van der Waals surface area contributed by atoms with Crippen molar-refractivity contribution in [1.82, 2.24) is 14.5 Å². The van der Waals surface area contributed by atoms with E-state index >= 15 is 0 Å². The van der Waals surface area contributed by atoms with E-state index in [4.69, 9.17) is 9.84 Å². The van der Waals surface area contributed by atoms with E-state index in [1.54, 1.807) is 18.6 Å². The summed E-state index contributed by atoms with van der Waals surface area (Å²) in [4.78, 5) is 22.4. The lowest BCUT2D eigenvalue weighted by atomic mass is 10.1. The summed E-state index contributed by atoms with van der Waals surface area (Å²) in [6.07, 6.45) is 5.07. The van der Waals surface area contributed by atoms with E-state index in [0.717, 1.165) is 25.9 Å². The van der Waals surface area contributed by atoms with Crippen LogP contribution in [-0.4, -0.2) is 62.9 Å². The normalized spacial score (nSPS) is 28.6. The highest BCUT2D eigenvalue weighted by molar-refractivity contribution is 5.59. The lowest BCUT2D eigenvalue weighted by Crippen LogP contribution is -2.28. The predicted octanol–water partition coefficient (Wildman–Crippen LogP) is 0.0297. The monoisotopic (exact) mass is 322 g/mol. The van der Waals surface area contributed by atoms with Crippen LogP contribution in [0.5, 0.6) is 0 Å². The number of piperidine rings is 1. The zero-order valence-electron chi connectivity index (χ0n) is 12.9. The Morgan fingerprint density at radius 1 is 1.39 bits per heavy atom. The van der Waals surface area contributed by atoms with Gasteiger partial charge in [-0.25, -0.2) is 9.79 Å². The first-order chi connectivity index (χ1) is 11.2. The van der Waals surface area contributed by atoms with Crippen LogP contribution in [0.1, 0.15) is 31.9 Å². The third kappa shape index (κ3) is 3.77. The molecule has 2 aliphatic heterocycles. The molecular weight excluding hydrogens is 300 g/mol. The van der Waals surface area contributed by atoms with E-state index < -0.39 is 24.1 Å². The van der Waals surface area contributed by atoms with Gasteiger partial charge in [-0.05, 0) is 25.3 Å². The van der Waals surface area contributed by atoms with Gasteiger partial charge in [-0.2, -0.15) is 4.98 Å². The molecule has 1 aromatic rings. The number of hydrogen-bond donors (Lipinski definition) is 2. The van der Waals surface area contributed by atoms with Crippen LogP contribution < -0.4 is 5.69 Å². The molecule has 0 radical (unpaired) electrons. The van der Waals surface area contributed by atoms with Gasteiger partial charge in [-0.1, -0.05) is 0 Å². The lowest BCUT2D eigenvalue weighted by molar-refractivity contribution is -0.0458. The Balaban J connectivity index is 1.68. The maximum absolute atomic E-state index is 12.1.